The van der Waals surface area contributed by atoms with E-state index in [0.29, 0.717) is 11.4 Å². The van der Waals surface area contributed by atoms with Crippen molar-refractivity contribution in [1.82, 2.24) is 5.32 Å². The van der Waals surface area contributed by atoms with Crippen molar-refractivity contribution >= 4 is 23.5 Å². The fourth-order valence-corrected chi connectivity index (χ4v) is 1.53. The molecule has 3 nitrogen and oxygen atoms in total. The number of hydrogen-bond donors (Lipinski definition) is 1. The van der Waals surface area contributed by atoms with E-state index >= 15 is 0 Å². The molecule has 0 unspecified atom stereocenters. The van der Waals surface area contributed by atoms with Crippen molar-refractivity contribution in [2.24, 2.45) is 0 Å². The Morgan fingerprint density at radius 3 is 2.92 bits per heavy atom. The highest BCUT2D eigenvalue weighted by atomic mass is 32.1. The van der Waals surface area contributed by atoms with Gasteiger partial charge in [0.25, 0.3) is 0 Å². The number of carbonyl (C=O) groups excluding carboxylic acids is 2. The van der Waals surface area contributed by atoms with Crippen LogP contribution in [-0.2, 0) is 11.3 Å². The summed E-state index contributed by atoms with van der Waals surface area (Å²) in [5.41, 5.74) is 0. The predicted molar refractivity (Wildman–Crippen MR) is 47.2 cm³/mol. The largest absolute Gasteiger partial charge is 0.351 e. The summed E-state index contributed by atoms with van der Waals surface area (Å²) in [6.45, 7) is 1.97. The summed E-state index contributed by atoms with van der Waals surface area (Å²) >= 11 is 1.39. The Morgan fingerprint density at radius 1 is 1.67 bits per heavy atom. The van der Waals surface area contributed by atoms with Gasteiger partial charge in [0.1, 0.15) is 0 Å². The first kappa shape index (κ1) is 8.93. The van der Waals surface area contributed by atoms with Crippen LogP contribution in [0.4, 0.5) is 0 Å². The van der Waals surface area contributed by atoms with E-state index in [1.807, 2.05) is 6.07 Å². The third-order valence-corrected chi connectivity index (χ3v) is 2.32. The zero-order chi connectivity index (χ0) is 8.97. The second kappa shape index (κ2) is 4.01. The third-order valence-electron chi connectivity index (χ3n) is 1.31. The van der Waals surface area contributed by atoms with E-state index in [1.165, 1.54) is 18.3 Å². The maximum atomic E-state index is 10.5. The van der Waals surface area contributed by atoms with E-state index in [-0.39, 0.29) is 5.91 Å². The summed E-state index contributed by atoms with van der Waals surface area (Å²) in [4.78, 5) is 22.5. The summed E-state index contributed by atoms with van der Waals surface area (Å²) in [5, 5.41) is 2.65. The molecule has 0 aliphatic rings. The third kappa shape index (κ3) is 2.47. The molecule has 0 spiro atoms. The van der Waals surface area contributed by atoms with Gasteiger partial charge in [-0.15, -0.1) is 11.3 Å². The lowest BCUT2D eigenvalue weighted by atomic mass is 10.4. The molecule has 1 aromatic rings. The quantitative estimate of drug-likeness (QED) is 0.715. The lowest BCUT2D eigenvalue weighted by molar-refractivity contribution is -0.119. The van der Waals surface area contributed by atoms with Crippen LogP contribution in [0.25, 0.3) is 0 Å². The van der Waals surface area contributed by atoms with Crippen molar-refractivity contribution in [2.45, 2.75) is 13.5 Å². The fraction of sp³-hybridized carbons (Fsp3) is 0.250. The zero-order valence-corrected chi connectivity index (χ0v) is 7.48. The van der Waals surface area contributed by atoms with Gasteiger partial charge in [0.2, 0.25) is 5.91 Å². The predicted octanol–water partition coefficient (Wildman–Crippen LogP) is 1.20. The van der Waals surface area contributed by atoms with Crippen LogP contribution in [0.3, 0.4) is 0 Å². The molecule has 12 heavy (non-hydrogen) atoms. The van der Waals surface area contributed by atoms with Gasteiger partial charge in [-0.25, -0.2) is 0 Å². The molecule has 0 bridgehead atoms. The zero-order valence-electron chi connectivity index (χ0n) is 6.66. The Labute approximate surface area is 74.4 Å². The Morgan fingerprint density at radius 2 is 2.42 bits per heavy atom. The number of nitrogens with one attached hydrogen (secondary N) is 1. The molecule has 1 amide bonds. The Hall–Kier alpha value is -1.16. The second-order valence-corrected chi connectivity index (χ2v) is 3.53. The molecule has 64 valence electrons. The standard InChI is InChI=1S/C8H9NO2S/c1-6(11)9-4-7-2-3-8(5-10)12-7/h2-3,5H,4H2,1H3,(H,9,11). The highest BCUT2D eigenvalue weighted by molar-refractivity contribution is 7.13. The topological polar surface area (TPSA) is 46.2 Å². The van der Waals surface area contributed by atoms with Crippen LogP contribution in [0, 0.1) is 0 Å². The molecule has 1 heterocycles. The first-order valence-electron chi connectivity index (χ1n) is 3.50. The maximum absolute atomic E-state index is 10.5. The number of rotatable bonds is 3. The molecule has 0 radical (unpaired) electrons. The Bertz CT molecular complexity index is 293. The number of hydrogen-bond acceptors (Lipinski definition) is 3. The van der Waals surface area contributed by atoms with E-state index in [0.717, 1.165) is 11.2 Å². The SMILES string of the molecule is CC(=O)NCc1ccc(C=O)s1. The average Bonchev–Trinajstić information content (AvgIpc) is 2.48. The minimum atomic E-state index is -0.0592. The molecule has 0 aromatic carbocycles. The summed E-state index contributed by atoms with van der Waals surface area (Å²) in [6.07, 6.45) is 0.807. The molecule has 1 rings (SSSR count). The minimum absolute atomic E-state index is 0.0592. The molecule has 1 N–H and O–H groups in total. The van der Waals surface area contributed by atoms with Gasteiger partial charge in [0.15, 0.2) is 6.29 Å². The number of carbonyl (C=O) groups is 2. The Balaban J connectivity index is 2.52. The fourth-order valence-electron chi connectivity index (χ4n) is 0.764. The first-order valence-corrected chi connectivity index (χ1v) is 4.32. The molecule has 0 atom stereocenters. The first-order chi connectivity index (χ1) is 5.72. The van der Waals surface area contributed by atoms with Gasteiger partial charge in [-0.2, -0.15) is 0 Å². The number of amides is 1. The summed E-state index contributed by atoms with van der Waals surface area (Å²) in [7, 11) is 0. The Kier molecular flexibility index (Phi) is 2.99. The minimum Gasteiger partial charge on any atom is -0.351 e. The molecular formula is C8H9NO2S. The van der Waals surface area contributed by atoms with Crippen LogP contribution in [0.15, 0.2) is 12.1 Å². The molecule has 0 fully saturated rings. The van der Waals surface area contributed by atoms with Gasteiger partial charge in [-0.05, 0) is 12.1 Å². The lowest BCUT2D eigenvalue weighted by Crippen LogP contribution is -2.17. The average molecular weight is 183 g/mol. The van der Waals surface area contributed by atoms with Crippen LogP contribution in [-0.4, -0.2) is 12.2 Å². The normalized spacial score (nSPS) is 9.42. The van der Waals surface area contributed by atoms with Crippen LogP contribution in [0.2, 0.25) is 0 Å². The highest BCUT2D eigenvalue weighted by Crippen LogP contribution is 2.13. The smallest absolute Gasteiger partial charge is 0.217 e. The van der Waals surface area contributed by atoms with Crippen LogP contribution < -0.4 is 5.32 Å². The molecule has 1 aromatic heterocycles. The van der Waals surface area contributed by atoms with Crippen molar-refractivity contribution in [2.75, 3.05) is 0 Å². The van der Waals surface area contributed by atoms with Crippen molar-refractivity contribution < 1.29 is 9.59 Å². The van der Waals surface area contributed by atoms with E-state index in [4.69, 9.17) is 0 Å². The van der Waals surface area contributed by atoms with Crippen molar-refractivity contribution in [3.63, 3.8) is 0 Å². The summed E-state index contributed by atoms with van der Waals surface area (Å²) in [6, 6.07) is 3.58. The van der Waals surface area contributed by atoms with Gasteiger partial charge >= 0.3 is 0 Å². The van der Waals surface area contributed by atoms with E-state index in [1.54, 1.807) is 6.07 Å². The molecule has 0 saturated carbocycles. The van der Waals surface area contributed by atoms with E-state index in [2.05, 4.69) is 5.32 Å². The van der Waals surface area contributed by atoms with Gasteiger partial charge in [-0.1, -0.05) is 0 Å². The van der Waals surface area contributed by atoms with Gasteiger partial charge in [0.05, 0.1) is 11.4 Å². The van der Waals surface area contributed by atoms with Crippen LogP contribution in [0.5, 0.6) is 0 Å². The summed E-state index contributed by atoms with van der Waals surface area (Å²) < 4.78 is 0. The molecule has 4 heteroatoms. The van der Waals surface area contributed by atoms with E-state index in [9.17, 15) is 9.59 Å². The van der Waals surface area contributed by atoms with E-state index < -0.39 is 0 Å². The molecule has 0 aliphatic carbocycles. The number of thiophene rings is 1. The lowest BCUT2D eigenvalue weighted by Gasteiger charge is -1.96. The van der Waals surface area contributed by atoms with Gasteiger partial charge in [-0.3, -0.25) is 9.59 Å². The second-order valence-electron chi connectivity index (χ2n) is 2.33. The highest BCUT2D eigenvalue weighted by Gasteiger charge is 1.98. The van der Waals surface area contributed by atoms with Crippen LogP contribution >= 0.6 is 11.3 Å². The monoisotopic (exact) mass is 183 g/mol. The molecule has 0 saturated heterocycles. The van der Waals surface area contributed by atoms with Crippen molar-refractivity contribution in [1.29, 1.82) is 0 Å². The summed E-state index contributed by atoms with van der Waals surface area (Å²) in [5.74, 6) is -0.0592. The maximum Gasteiger partial charge on any atom is 0.217 e. The van der Waals surface area contributed by atoms with Gasteiger partial charge < -0.3 is 5.32 Å². The van der Waals surface area contributed by atoms with Crippen molar-refractivity contribution in [3.05, 3.63) is 21.9 Å². The van der Waals surface area contributed by atoms with Crippen LogP contribution in [0.1, 0.15) is 21.5 Å². The van der Waals surface area contributed by atoms with Crippen molar-refractivity contribution in [3.8, 4) is 0 Å². The molecule has 0 aliphatic heterocycles. The molecular weight excluding hydrogens is 174 g/mol. The number of aldehydes is 1. The van der Waals surface area contributed by atoms with Gasteiger partial charge in [0, 0.05) is 11.8 Å².